The molecular weight excluding hydrogens is 389 g/mol. The standard InChI is InChI=1S/C22H24FN3O4/c1-3-19(20(27)24-17-5-4-6-18(13-17)30-2)26-12-11-25(21(28)22(26)29)14-15-7-9-16(23)10-8-15/h4-10,13,19H,3,11-12,14H2,1-2H3,(H,24,27)/t19-/m1/s1. The highest BCUT2D eigenvalue weighted by atomic mass is 19.1. The van der Waals surface area contributed by atoms with Gasteiger partial charge in [-0.15, -0.1) is 0 Å². The number of amides is 3. The molecule has 2 aromatic rings. The van der Waals surface area contributed by atoms with Crippen molar-refractivity contribution in [2.24, 2.45) is 0 Å². The quantitative estimate of drug-likeness (QED) is 0.707. The number of hydrogen-bond acceptors (Lipinski definition) is 4. The summed E-state index contributed by atoms with van der Waals surface area (Å²) in [6.45, 7) is 2.55. The molecule has 0 unspecified atom stereocenters. The number of methoxy groups -OCH3 is 1. The fourth-order valence-corrected chi connectivity index (χ4v) is 3.42. The lowest BCUT2D eigenvalue weighted by molar-refractivity contribution is -0.159. The molecule has 1 N–H and O–H groups in total. The van der Waals surface area contributed by atoms with Crippen LogP contribution >= 0.6 is 0 Å². The molecule has 3 amide bonds. The third-order valence-electron chi connectivity index (χ3n) is 5.03. The summed E-state index contributed by atoms with van der Waals surface area (Å²) in [4.78, 5) is 40.8. The van der Waals surface area contributed by atoms with Crippen molar-refractivity contribution in [1.82, 2.24) is 9.80 Å². The topological polar surface area (TPSA) is 79.0 Å². The predicted octanol–water partition coefficient (Wildman–Crippen LogP) is 2.42. The Bertz CT molecular complexity index is 932. The summed E-state index contributed by atoms with van der Waals surface area (Å²) in [5.74, 6) is -1.51. The average Bonchev–Trinajstić information content (AvgIpc) is 2.75. The van der Waals surface area contributed by atoms with Crippen LogP contribution in [0.1, 0.15) is 18.9 Å². The van der Waals surface area contributed by atoms with Crippen molar-refractivity contribution in [3.05, 3.63) is 59.9 Å². The summed E-state index contributed by atoms with van der Waals surface area (Å²) in [5, 5.41) is 2.78. The molecular formula is C22H24FN3O4. The minimum absolute atomic E-state index is 0.214. The van der Waals surface area contributed by atoms with E-state index in [0.717, 1.165) is 5.56 Å². The molecule has 1 fully saturated rings. The molecule has 1 saturated heterocycles. The van der Waals surface area contributed by atoms with Crippen molar-refractivity contribution >= 4 is 23.4 Å². The number of hydrogen-bond donors (Lipinski definition) is 1. The van der Waals surface area contributed by atoms with Crippen LogP contribution in [0.15, 0.2) is 48.5 Å². The zero-order valence-corrected chi connectivity index (χ0v) is 16.9. The van der Waals surface area contributed by atoms with Gasteiger partial charge in [-0.05, 0) is 36.2 Å². The molecule has 0 aromatic heterocycles. The minimum Gasteiger partial charge on any atom is -0.497 e. The first-order chi connectivity index (χ1) is 14.4. The van der Waals surface area contributed by atoms with Gasteiger partial charge in [0.1, 0.15) is 17.6 Å². The molecule has 158 valence electrons. The third-order valence-corrected chi connectivity index (χ3v) is 5.03. The Morgan fingerprint density at radius 3 is 2.53 bits per heavy atom. The molecule has 30 heavy (non-hydrogen) atoms. The first-order valence-electron chi connectivity index (χ1n) is 9.72. The van der Waals surface area contributed by atoms with E-state index in [1.807, 2.05) is 0 Å². The molecule has 3 rings (SSSR count). The van der Waals surface area contributed by atoms with Gasteiger partial charge in [0.2, 0.25) is 5.91 Å². The van der Waals surface area contributed by atoms with E-state index in [-0.39, 0.29) is 24.8 Å². The number of anilines is 1. The third kappa shape index (κ3) is 4.76. The van der Waals surface area contributed by atoms with Crippen molar-refractivity contribution in [2.75, 3.05) is 25.5 Å². The zero-order valence-electron chi connectivity index (χ0n) is 16.9. The minimum atomic E-state index is -0.763. The Labute approximate surface area is 174 Å². The molecule has 7 nitrogen and oxygen atoms in total. The van der Waals surface area contributed by atoms with Crippen LogP contribution in [0.5, 0.6) is 5.75 Å². The number of benzene rings is 2. The summed E-state index contributed by atoms with van der Waals surface area (Å²) in [7, 11) is 1.53. The Morgan fingerprint density at radius 2 is 1.87 bits per heavy atom. The van der Waals surface area contributed by atoms with Gasteiger partial charge in [-0.2, -0.15) is 0 Å². The monoisotopic (exact) mass is 413 g/mol. The first kappa shape index (κ1) is 21.3. The molecule has 0 spiro atoms. The van der Waals surface area contributed by atoms with Crippen molar-refractivity contribution in [3.63, 3.8) is 0 Å². The van der Waals surface area contributed by atoms with E-state index in [9.17, 15) is 18.8 Å². The number of rotatable bonds is 7. The largest absolute Gasteiger partial charge is 0.497 e. The van der Waals surface area contributed by atoms with E-state index >= 15 is 0 Å². The van der Waals surface area contributed by atoms with Crippen LogP contribution in [-0.2, 0) is 20.9 Å². The number of halogens is 1. The smallest absolute Gasteiger partial charge is 0.312 e. The fourth-order valence-electron chi connectivity index (χ4n) is 3.42. The van der Waals surface area contributed by atoms with Gasteiger partial charge < -0.3 is 19.9 Å². The highest BCUT2D eigenvalue weighted by Gasteiger charge is 2.38. The second kappa shape index (κ2) is 9.39. The summed E-state index contributed by atoms with van der Waals surface area (Å²) >= 11 is 0. The van der Waals surface area contributed by atoms with Crippen LogP contribution in [0.3, 0.4) is 0 Å². The molecule has 2 aromatic carbocycles. The van der Waals surface area contributed by atoms with E-state index in [1.54, 1.807) is 43.3 Å². The van der Waals surface area contributed by atoms with E-state index in [1.165, 1.54) is 29.0 Å². The Morgan fingerprint density at radius 1 is 1.13 bits per heavy atom. The number of ether oxygens (including phenoxy) is 1. The maximum atomic E-state index is 13.1. The number of nitrogens with one attached hydrogen (secondary N) is 1. The molecule has 1 aliphatic rings. The lowest BCUT2D eigenvalue weighted by Gasteiger charge is -2.37. The van der Waals surface area contributed by atoms with Gasteiger partial charge in [0.15, 0.2) is 0 Å². The van der Waals surface area contributed by atoms with Gasteiger partial charge in [0.05, 0.1) is 7.11 Å². The summed E-state index contributed by atoms with van der Waals surface area (Å²) in [6.07, 6.45) is 0.368. The van der Waals surface area contributed by atoms with E-state index in [4.69, 9.17) is 4.74 Å². The fraction of sp³-hybridized carbons (Fsp3) is 0.318. The van der Waals surface area contributed by atoms with E-state index in [2.05, 4.69) is 5.32 Å². The average molecular weight is 413 g/mol. The van der Waals surface area contributed by atoms with Crippen LogP contribution in [0.25, 0.3) is 0 Å². The second-order valence-electron chi connectivity index (χ2n) is 7.00. The molecule has 1 aliphatic heterocycles. The highest BCUT2D eigenvalue weighted by molar-refractivity contribution is 6.35. The Balaban J connectivity index is 1.67. The van der Waals surface area contributed by atoms with Gasteiger partial charge in [-0.3, -0.25) is 14.4 Å². The van der Waals surface area contributed by atoms with Gasteiger partial charge >= 0.3 is 11.8 Å². The van der Waals surface area contributed by atoms with Gasteiger partial charge in [0.25, 0.3) is 0 Å². The van der Waals surface area contributed by atoms with Gasteiger partial charge in [-0.25, -0.2) is 4.39 Å². The van der Waals surface area contributed by atoms with Gasteiger partial charge in [0, 0.05) is 31.4 Å². The van der Waals surface area contributed by atoms with Crippen LogP contribution in [0, 0.1) is 5.82 Å². The number of piperazine rings is 1. The normalized spacial score (nSPS) is 15.2. The first-order valence-corrected chi connectivity index (χ1v) is 9.72. The molecule has 0 radical (unpaired) electrons. The molecule has 0 saturated carbocycles. The molecule has 1 heterocycles. The SMILES string of the molecule is CC[C@H](C(=O)Nc1cccc(OC)c1)N1CCN(Cc2ccc(F)cc2)C(=O)C1=O. The zero-order chi connectivity index (χ0) is 21.7. The Hall–Kier alpha value is -3.42. The maximum absolute atomic E-state index is 13.1. The maximum Gasteiger partial charge on any atom is 0.312 e. The van der Waals surface area contributed by atoms with Crippen LogP contribution < -0.4 is 10.1 Å². The van der Waals surface area contributed by atoms with Crippen molar-refractivity contribution in [3.8, 4) is 5.75 Å². The lowest BCUT2D eigenvalue weighted by Crippen LogP contribution is -2.59. The van der Waals surface area contributed by atoms with Crippen molar-refractivity contribution < 1.29 is 23.5 Å². The van der Waals surface area contributed by atoms with Crippen LogP contribution in [0.2, 0.25) is 0 Å². The van der Waals surface area contributed by atoms with Crippen LogP contribution in [-0.4, -0.2) is 53.8 Å². The number of carbonyl (C=O) groups is 3. The molecule has 1 atom stereocenters. The molecule has 8 heteroatoms. The van der Waals surface area contributed by atoms with Crippen LogP contribution in [0.4, 0.5) is 10.1 Å². The van der Waals surface area contributed by atoms with E-state index in [0.29, 0.717) is 24.4 Å². The summed E-state index contributed by atoms with van der Waals surface area (Å²) < 4.78 is 18.2. The van der Waals surface area contributed by atoms with Crippen molar-refractivity contribution in [1.29, 1.82) is 0 Å². The number of nitrogens with zero attached hydrogens (tertiary/aromatic N) is 2. The van der Waals surface area contributed by atoms with Crippen molar-refractivity contribution in [2.45, 2.75) is 25.9 Å². The summed E-state index contributed by atoms with van der Waals surface area (Å²) in [5.41, 5.74) is 1.28. The molecule has 0 aliphatic carbocycles. The highest BCUT2D eigenvalue weighted by Crippen LogP contribution is 2.19. The predicted molar refractivity (Wildman–Crippen MR) is 109 cm³/mol. The number of carbonyl (C=O) groups excluding carboxylic acids is 3. The van der Waals surface area contributed by atoms with E-state index < -0.39 is 17.9 Å². The van der Waals surface area contributed by atoms with Gasteiger partial charge in [-0.1, -0.05) is 25.1 Å². The molecule has 0 bridgehead atoms. The second-order valence-corrected chi connectivity index (χ2v) is 7.00. The Kier molecular flexibility index (Phi) is 6.66. The summed E-state index contributed by atoms with van der Waals surface area (Å²) in [6, 6.07) is 11.9. The lowest BCUT2D eigenvalue weighted by atomic mass is 10.1.